The zero-order valence-corrected chi connectivity index (χ0v) is 13.2. The molecule has 3 unspecified atom stereocenters. The number of anilines is 3. The molecule has 1 aliphatic heterocycles. The van der Waals surface area contributed by atoms with Crippen molar-refractivity contribution in [2.75, 3.05) is 10.6 Å². The van der Waals surface area contributed by atoms with Crippen LogP contribution in [0.2, 0.25) is 0 Å². The van der Waals surface area contributed by atoms with E-state index in [0.29, 0.717) is 5.69 Å². The average Bonchev–Trinajstić information content (AvgIpc) is 2.90. The quantitative estimate of drug-likeness (QED) is 0.697. The lowest BCUT2D eigenvalue weighted by Gasteiger charge is -2.16. The summed E-state index contributed by atoms with van der Waals surface area (Å²) in [5, 5.41) is 6.10. The van der Waals surface area contributed by atoms with E-state index in [9.17, 15) is 4.79 Å². The largest absolute Gasteiger partial charge is 0.340 e. The standard InChI is InChI=1S/C17H21N5O/c1-11-12(2)21-22-16(11)17(23)20-14-8-9-15(18-10-14)19-13-6-4-3-5-7-13/h3-12,16,21-22H,1-2H3,(H,18,19)(H,20,23). The number of hydrogen-bond donors (Lipinski definition) is 4. The summed E-state index contributed by atoms with van der Waals surface area (Å²) in [6.45, 7) is 4.10. The first kappa shape index (κ1) is 15.5. The van der Waals surface area contributed by atoms with E-state index in [-0.39, 0.29) is 23.9 Å². The molecule has 2 aromatic rings. The minimum absolute atomic E-state index is 0.0556. The minimum Gasteiger partial charge on any atom is -0.340 e. The predicted molar refractivity (Wildman–Crippen MR) is 91.3 cm³/mol. The highest BCUT2D eigenvalue weighted by atomic mass is 16.2. The van der Waals surface area contributed by atoms with Crippen LogP contribution < -0.4 is 21.5 Å². The van der Waals surface area contributed by atoms with E-state index in [0.717, 1.165) is 11.5 Å². The summed E-state index contributed by atoms with van der Waals surface area (Å²) in [6, 6.07) is 13.5. The molecule has 2 heterocycles. The van der Waals surface area contributed by atoms with Crippen LogP contribution in [0.3, 0.4) is 0 Å². The molecule has 3 rings (SSSR count). The van der Waals surface area contributed by atoms with Crippen molar-refractivity contribution in [1.29, 1.82) is 0 Å². The van der Waals surface area contributed by atoms with Crippen molar-refractivity contribution in [2.24, 2.45) is 5.92 Å². The molecule has 6 heteroatoms. The van der Waals surface area contributed by atoms with E-state index in [4.69, 9.17) is 0 Å². The second-order valence-electron chi connectivity index (χ2n) is 5.83. The maximum atomic E-state index is 12.3. The number of aromatic nitrogens is 1. The normalized spacial score (nSPS) is 23.5. The first-order valence-electron chi connectivity index (χ1n) is 7.73. The lowest BCUT2D eigenvalue weighted by Crippen LogP contribution is -2.41. The Kier molecular flexibility index (Phi) is 4.55. The van der Waals surface area contributed by atoms with Gasteiger partial charge in [-0.25, -0.2) is 10.4 Å². The molecule has 1 fully saturated rings. The fourth-order valence-corrected chi connectivity index (χ4v) is 2.51. The highest BCUT2D eigenvalue weighted by Gasteiger charge is 2.34. The summed E-state index contributed by atoms with van der Waals surface area (Å²) in [6.07, 6.45) is 1.65. The molecule has 1 aromatic carbocycles. The molecule has 0 aliphatic carbocycles. The SMILES string of the molecule is CC1NNC(C(=O)Nc2ccc(Nc3ccccc3)nc2)C1C. The summed E-state index contributed by atoms with van der Waals surface area (Å²) >= 11 is 0. The molecule has 3 atom stereocenters. The lowest BCUT2D eigenvalue weighted by molar-refractivity contribution is -0.118. The zero-order valence-electron chi connectivity index (χ0n) is 13.2. The number of carbonyl (C=O) groups is 1. The molecule has 6 nitrogen and oxygen atoms in total. The van der Waals surface area contributed by atoms with E-state index in [2.05, 4.69) is 33.4 Å². The van der Waals surface area contributed by atoms with Crippen molar-refractivity contribution in [3.8, 4) is 0 Å². The second kappa shape index (κ2) is 6.76. The number of carbonyl (C=O) groups excluding carboxylic acids is 1. The maximum absolute atomic E-state index is 12.3. The third kappa shape index (κ3) is 3.67. The molecule has 4 N–H and O–H groups in total. The van der Waals surface area contributed by atoms with Crippen LogP contribution in [0.1, 0.15) is 13.8 Å². The molecule has 0 bridgehead atoms. The van der Waals surface area contributed by atoms with Gasteiger partial charge in [-0.05, 0) is 37.1 Å². The van der Waals surface area contributed by atoms with Crippen LogP contribution in [0.5, 0.6) is 0 Å². The van der Waals surface area contributed by atoms with Crippen molar-refractivity contribution in [3.05, 3.63) is 48.7 Å². The van der Waals surface area contributed by atoms with Gasteiger partial charge in [0.05, 0.1) is 11.9 Å². The van der Waals surface area contributed by atoms with Gasteiger partial charge in [-0.2, -0.15) is 0 Å². The summed E-state index contributed by atoms with van der Waals surface area (Å²) < 4.78 is 0. The van der Waals surface area contributed by atoms with Gasteiger partial charge in [-0.3, -0.25) is 10.2 Å². The van der Waals surface area contributed by atoms with Crippen LogP contribution in [0.25, 0.3) is 0 Å². The maximum Gasteiger partial charge on any atom is 0.243 e. The number of para-hydroxylation sites is 1. The van der Waals surface area contributed by atoms with Gasteiger partial charge in [0.2, 0.25) is 5.91 Å². The molecule has 0 radical (unpaired) electrons. The number of nitrogens with zero attached hydrogens (tertiary/aromatic N) is 1. The lowest BCUT2D eigenvalue weighted by atomic mass is 9.97. The molecule has 1 saturated heterocycles. The Morgan fingerprint density at radius 2 is 1.83 bits per heavy atom. The van der Waals surface area contributed by atoms with E-state index < -0.39 is 0 Å². The molecular weight excluding hydrogens is 290 g/mol. The Balaban J connectivity index is 1.60. The summed E-state index contributed by atoms with van der Waals surface area (Å²) in [4.78, 5) is 16.6. The number of pyridine rings is 1. The summed E-state index contributed by atoms with van der Waals surface area (Å²) in [5.41, 5.74) is 7.77. The van der Waals surface area contributed by atoms with Gasteiger partial charge >= 0.3 is 0 Å². The van der Waals surface area contributed by atoms with E-state index in [1.165, 1.54) is 0 Å². The first-order valence-corrected chi connectivity index (χ1v) is 7.73. The highest BCUT2D eigenvalue weighted by molar-refractivity contribution is 5.95. The fraction of sp³-hybridized carbons (Fsp3) is 0.294. The first-order chi connectivity index (χ1) is 11.1. The number of rotatable bonds is 4. The van der Waals surface area contributed by atoms with Gasteiger partial charge in [0.15, 0.2) is 0 Å². The number of benzene rings is 1. The molecule has 120 valence electrons. The van der Waals surface area contributed by atoms with Crippen molar-refractivity contribution < 1.29 is 4.79 Å². The van der Waals surface area contributed by atoms with Gasteiger partial charge in [0.25, 0.3) is 0 Å². The monoisotopic (exact) mass is 311 g/mol. The van der Waals surface area contributed by atoms with Gasteiger partial charge in [0, 0.05) is 11.7 Å². The van der Waals surface area contributed by atoms with Crippen molar-refractivity contribution in [3.63, 3.8) is 0 Å². The molecule has 0 saturated carbocycles. The zero-order chi connectivity index (χ0) is 16.2. The Morgan fingerprint density at radius 3 is 2.43 bits per heavy atom. The smallest absolute Gasteiger partial charge is 0.243 e. The number of hydrazine groups is 1. The summed E-state index contributed by atoms with van der Waals surface area (Å²) in [5.74, 6) is 0.902. The molecule has 1 amide bonds. The topological polar surface area (TPSA) is 78.1 Å². The molecule has 1 aromatic heterocycles. The van der Waals surface area contributed by atoms with Gasteiger partial charge < -0.3 is 10.6 Å². The van der Waals surface area contributed by atoms with Gasteiger partial charge in [-0.1, -0.05) is 25.1 Å². The molecular formula is C17H21N5O. The Hall–Kier alpha value is -2.44. The van der Waals surface area contributed by atoms with Crippen molar-refractivity contribution in [2.45, 2.75) is 25.9 Å². The molecule has 0 spiro atoms. The molecule has 23 heavy (non-hydrogen) atoms. The third-order valence-electron chi connectivity index (χ3n) is 4.14. The molecule has 1 aliphatic rings. The van der Waals surface area contributed by atoms with E-state index in [1.54, 1.807) is 6.20 Å². The van der Waals surface area contributed by atoms with Crippen molar-refractivity contribution >= 4 is 23.1 Å². The van der Waals surface area contributed by atoms with Crippen molar-refractivity contribution in [1.82, 2.24) is 15.8 Å². The van der Waals surface area contributed by atoms with E-state index >= 15 is 0 Å². The Morgan fingerprint density at radius 1 is 1.04 bits per heavy atom. The minimum atomic E-state index is -0.243. The van der Waals surface area contributed by atoms with E-state index in [1.807, 2.05) is 49.4 Å². The van der Waals surface area contributed by atoms with Gasteiger partial charge in [-0.15, -0.1) is 0 Å². The number of amides is 1. The van der Waals surface area contributed by atoms with Gasteiger partial charge in [0.1, 0.15) is 11.9 Å². The van der Waals surface area contributed by atoms with Crippen LogP contribution >= 0.6 is 0 Å². The fourth-order valence-electron chi connectivity index (χ4n) is 2.51. The Labute approximate surface area is 135 Å². The second-order valence-corrected chi connectivity index (χ2v) is 5.83. The van der Waals surface area contributed by atoms with Crippen LogP contribution in [-0.4, -0.2) is 23.0 Å². The number of hydrogen-bond acceptors (Lipinski definition) is 5. The van der Waals surface area contributed by atoms with Crippen LogP contribution in [0.15, 0.2) is 48.7 Å². The average molecular weight is 311 g/mol. The van der Waals surface area contributed by atoms with Crippen LogP contribution in [0, 0.1) is 5.92 Å². The number of nitrogens with one attached hydrogen (secondary N) is 4. The van der Waals surface area contributed by atoms with Crippen LogP contribution in [-0.2, 0) is 4.79 Å². The summed E-state index contributed by atoms with van der Waals surface area (Å²) in [7, 11) is 0. The third-order valence-corrected chi connectivity index (χ3v) is 4.14. The predicted octanol–water partition coefficient (Wildman–Crippen LogP) is 2.26. The highest BCUT2D eigenvalue weighted by Crippen LogP contribution is 2.18. The van der Waals surface area contributed by atoms with Crippen LogP contribution in [0.4, 0.5) is 17.2 Å². The Bertz CT molecular complexity index is 658.